The van der Waals surface area contributed by atoms with E-state index in [0.717, 1.165) is 12.8 Å². The van der Waals surface area contributed by atoms with Crippen molar-refractivity contribution in [3.05, 3.63) is 22.9 Å². The SMILES string of the molecule is O=c1n(CCCF)ccn1C1CC1. The van der Waals surface area contributed by atoms with Gasteiger partial charge in [-0.3, -0.25) is 13.5 Å². The summed E-state index contributed by atoms with van der Waals surface area (Å²) in [6.07, 6.45) is 6.18. The molecule has 1 aliphatic carbocycles. The molecule has 0 unspecified atom stereocenters. The molecule has 0 N–H and O–H groups in total. The fourth-order valence-electron chi connectivity index (χ4n) is 1.46. The first-order chi connectivity index (χ1) is 6.33. The van der Waals surface area contributed by atoms with Gasteiger partial charge in [-0.05, 0) is 19.3 Å². The van der Waals surface area contributed by atoms with Gasteiger partial charge in [0.2, 0.25) is 0 Å². The predicted octanol–water partition coefficient (Wildman–Crippen LogP) is 1.34. The summed E-state index contributed by atoms with van der Waals surface area (Å²) in [4.78, 5) is 11.6. The van der Waals surface area contributed by atoms with Crippen molar-refractivity contribution in [2.75, 3.05) is 6.67 Å². The topological polar surface area (TPSA) is 26.9 Å². The van der Waals surface area contributed by atoms with Crippen LogP contribution in [0.5, 0.6) is 0 Å². The molecular weight excluding hydrogens is 171 g/mol. The quantitative estimate of drug-likeness (QED) is 0.693. The Balaban J connectivity index is 2.13. The molecule has 1 aromatic rings. The molecule has 0 spiro atoms. The van der Waals surface area contributed by atoms with Crippen LogP contribution in [0.2, 0.25) is 0 Å². The predicted molar refractivity (Wildman–Crippen MR) is 47.6 cm³/mol. The highest BCUT2D eigenvalue weighted by Gasteiger charge is 2.25. The third-order valence-corrected chi connectivity index (χ3v) is 2.35. The molecule has 0 atom stereocenters. The van der Waals surface area contributed by atoms with Crippen molar-refractivity contribution >= 4 is 0 Å². The van der Waals surface area contributed by atoms with Crippen LogP contribution in [-0.2, 0) is 6.54 Å². The van der Waals surface area contributed by atoms with Crippen molar-refractivity contribution < 1.29 is 4.39 Å². The Morgan fingerprint density at radius 1 is 1.46 bits per heavy atom. The summed E-state index contributed by atoms with van der Waals surface area (Å²) in [6, 6.07) is 0.416. The monoisotopic (exact) mass is 184 g/mol. The molecule has 1 aliphatic rings. The summed E-state index contributed by atoms with van der Waals surface area (Å²) in [5.74, 6) is 0. The normalized spacial score (nSPS) is 16.4. The number of aromatic nitrogens is 2. The van der Waals surface area contributed by atoms with E-state index in [-0.39, 0.29) is 12.4 Å². The van der Waals surface area contributed by atoms with E-state index in [0.29, 0.717) is 19.0 Å². The van der Waals surface area contributed by atoms with E-state index in [1.807, 2.05) is 0 Å². The van der Waals surface area contributed by atoms with Crippen molar-refractivity contribution in [1.29, 1.82) is 0 Å². The standard InChI is InChI=1S/C9H13FN2O/c10-4-1-5-11-6-7-12(9(11)13)8-2-3-8/h6-8H,1-5H2. The Hall–Kier alpha value is -1.06. The van der Waals surface area contributed by atoms with Crippen LogP contribution in [-0.4, -0.2) is 15.8 Å². The highest BCUT2D eigenvalue weighted by molar-refractivity contribution is 4.91. The summed E-state index contributed by atoms with van der Waals surface area (Å²) in [5.41, 5.74) is 0.0101. The summed E-state index contributed by atoms with van der Waals surface area (Å²) in [7, 11) is 0. The lowest BCUT2D eigenvalue weighted by molar-refractivity contribution is 0.441. The lowest BCUT2D eigenvalue weighted by Crippen LogP contribution is -2.23. The molecule has 1 fully saturated rings. The van der Waals surface area contributed by atoms with Gasteiger partial charge in [0.25, 0.3) is 0 Å². The van der Waals surface area contributed by atoms with Crippen LogP contribution < -0.4 is 5.69 Å². The second-order valence-corrected chi connectivity index (χ2v) is 3.46. The molecular formula is C9H13FN2O. The number of hydrogen-bond acceptors (Lipinski definition) is 1. The first-order valence-corrected chi connectivity index (χ1v) is 4.66. The molecule has 0 radical (unpaired) electrons. The second kappa shape index (κ2) is 3.36. The van der Waals surface area contributed by atoms with E-state index in [4.69, 9.17) is 0 Å². The Labute approximate surface area is 75.8 Å². The van der Waals surface area contributed by atoms with E-state index in [9.17, 15) is 9.18 Å². The fraction of sp³-hybridized carbons (Fsp3) is 0.667. The first kappa shape index (κ1) is 8.53. The maximum atomic E-state index is 11.9. The molecule has 72 valence electrons. The van der Waals surface area contributed by atoms with E-state index in [1.165, 1.54) is 0 Å². The summed E-state index contributed by atoms with van der Waals surface area (Å²) < 4.78 is 15.2. The minimum absolute atomic E-state index is 0.0101. The molecule has 0 saturated heterocycles. The molecule has 4 heteroatoms. The van der Waals surface area contributed by atoms with Gasteiger partial charge in [0, 0.05) is 25.0 Å². The number of alkyl halides is 1. The zero-order chi connectivity index (χ0) is 9.26. The molecule has 3 nitrogen and oxygen atoms in total. The van der Waals surface area contributed by atoms with Crippen molar-refractivity contribution in [3.63, 3.8) is 0 Å². The Morgan fingerprint density at radius 2 is 2.23 bits per heavy atom. The van der Waals surface area contributed by atoms with Crippen LogP contribution in [0.3, 0.4) is 0 Å². The van der Waals surface area contributed by atoms with Gasteiger partial charge in [-0.2, -0.15) is 0 Å². The molecule has 2 rings (SSSR count). The second-order valence-electron chi connectivity index (χ2n) is 3.46. The summed E-state index contributed by atoms with van der Waals surface area (Å²) >= 11 is 0. The smallest absolute Gasteiger partial charge is 0.299 e. The lowest BCUT2D eigenvalue weighted by Gasteiger charge is -1.98. The Bertz CT molecular complexity index is 338. The summed E-state index contributed by atoms with van der Waals surface area (Å²) in [5, 5.41) is 0. The molecule has 0 amide bonds. The van der Waals surface area contributed by atoms with Crippen LogP contribution in [0, 0.1) is 0 Å². The molecule has 0 aliphatic heterocycles. The van der Waals surface area contributed by atoms with E-state index >= 15 is 0 Å². The maximum Gasteiger partial charge on any atom is 0.328 e. The lowest BCUT2D eigenvalue weighted by atomic mass is 10.5. The minimum Gasteiger partial charge on any atom is -0.299 e. The van der Waals surface area contributed by atoms with Crippen LogP contribution in [0.1, 0.15) is 25.3 Å². The van der Waals surface area contributed by atoms with Gasteiger partial charge in [-0.25, -0.2) is 4.79 Å². The van der Waals surface area contributed by atoms with Gasteiger partial charge in [-0.15, -0.1) is 0 Å². The average molecular weight is 184 g/mol. The first-order valence-electron chi connectivity index (χ1n) is 4.66. The zero-order valence-electron chi connectivity index (χ0n) is 7.45. The van der Waals surface area contributed by atoms with E-state index < -0.39 is 0 Å². The number of imidazole rings is 1. The Morgan fingerprint density at radius 3 is 2.85 bits per heavy atom. The van der Waals surface area contributed by atoms with Gasteiger partial charge >= 0.3 is 5.69 Å². The van der Waals surface area contributed by atoms with Crippen molar-refractivity contribution in [2.45, 2.75) is 31.8 Å². The van der Waals surface area contributed by atoms with Gasteiger partial charge in [0.15, 0.2) is 0 Å². The van der Waals surface area contributed by atoms with Gasteiger partial charge < -0.3 is 0 Å². The number of nitrogens with zero attached hydrogens (tertiary/aromatic N) is 2. The molecule has 0 bridgehead atoms. The van der Waals surface area contributed by atoms with Crippen LogP contribution in [0.4, 0.5) is 4.39 Å². The van der Waals surface area contributed by atoms with E-state index in [2.05, 4.69) is 0 Å². The van der Waals surface area contributed by atoms with Gasteiger partial charge in [0.1, 0.15) is 0 Å². The zero-order valence-corrected chi connectivity index (χ0v) is 7.45. The molecule has 1 heterocycles. The molecule has 0 aromatic carbocycles. The third-order valence-electron chi connectivity index (χ3n) is 2.35. The van der Waals surface area contributed by atoms with Gasteiger partial charge in [0.05, 0.1) is 6.67 Å². The highest BCUT2D eigenvalue weighted by atomic mass is 19.1. The fourth-order valence-corrected chi connectivity index (χ4v) is 1.46. The molecule has 13 heavy (non-hydrogen) atoms. The van der Waals surface area contributed by atoms with Crippen LogP contribution >= 0.6 is 0 Å². The van der Waals surface area contributed by atoms with Crippen LogP contribution in [0.25, 0.3) is 0 Å². The molecule has 1 saturated carbocycles. The Kier molecular flexibility index (Phi) is 2.20. The van der Waals surface area contributed by atoms with Gasteiger partial charge in [-0.1, -0.05) is 0 Å². The van der Waals surface area contributed by atoms with E-state index in [1.54, 1.807) is 21.5 Å². The van der Waals surface area contributed by atoms with Crippen molar-refractivity contribution in [2.24, 2.45) is 0 Å². The van der Waals surface area contributed by atoms with Crippen LogP contribution in [0.15, 0.2) is 17.2 Å². The number of halogens is 1. The number of aryl methyl sites for hydroxylation is 1. The largest absolute Gasteiger partial charge is 0.328 e. The highest BCUT2D eigenvalue weighted by Crippen LogP contribution is 2.33. The average Bonchev–Trinajstić information content (AvgIpc) is 2.89. The minimum atomic E-state index is -0.360. The van der Waals surface area contributed by atoms with Crippen molar-refractivity contribution in [1.82, 2.24) is 9.13 Å². The number of hydrogen-bond donors (Lipinski definition) is 0. The number of rotatable bonds is 4. The summed E-state index contributed by atoms with van der Waals surface area (Å²) in [6.45, 7) is 0.135. The van der Waals surface area contributed by atoms with Crippen molar-refractivity contribution in [3.8, 4) is 0 Å². The molecule has 1 aromatic heterocycles. The maximum absolute atomic E-state index is 11.9. The third kappa shape index (κ3) is 1.66.